The first-order chi connectivity index (χ1) is 7.68. The molecule has 1 fully saturated rings. The van der Waals surface area contributed by atoms with E-state index in [4.69, 9.17) is 0 Å². The number of benzene rings is 1. The quantitative estimate of drug-likeness (QED) is 0.836. The predicted octanol–water partition coefficient (Wildman–Crippen LogP) is 3.76. The molecule has 0 saturated heterocycles. The second-order valence-corrected chi connectivity index (χ2v) is 5.04. The van der Waals surface area contributed by atoms with Gasteiger partial charge in [-0.05, 0) is 40.9 Å². The molecule has 0 spiro atoms. The van der Waals surface area contributed by atoms with Crippen molar-refractivity contribution in [2.45, 2.75) is 38.3 Å². The normalized spacial score (nSPS) is 16.9. The van der Waals surface area contributed by atoms with Gasteiger partial charge in [-0.2, -0.15) is 0 Å². The highest BCUT2D eigenvalue weighted by Crippen LogP contribution is 2.23. The maximum Gasteiger partial charge on any atom is 0.144 e. The predicted molar refractivity (Wildman–Crippen MR) is 63.2 cm³/mol. The van der Waals surface area contributed by atoms with Crippen molar-refractivity contribution in [3.63, 3.8) is 0 Å². The van der Waals surface area contributed by atoms with Crippen LogP contribution in [-0.4, -0.2) is 6.04 Å². The highest BCUT2D eigenvalue weighted by atomic mass is 79.9. The van der Waals surface area contributed by atoms with Crippen LogP contribution in [0.25, 0.3) is 0 Å². The van der Waals surface area contributed by atoms with Gasteiger partial charge in [0.15, 0.2) is 0 Å². The molecule has 0 bridgehead atoms. The standard InChI is InChI=1S/C12H14BrF2N/c13-10-5-6-11(14)9(12(10)15)7-16-8-3-1-2-4-8/h5-6,8,16H,1-4,7H2. The molecule has 1 aromatic rings. The molecule has 2 rings (SSSR count). The maximum absolute atomic E-state index is 13.6. The van der Waals surface area contributed by atoms with E-state index in [-0.39, 0.29) is 12.1 Å². The van der Waals surface area contributed by atoms with Gasteiger partial charge in [-0.1, -0.05) is 12.8 Å². The summed E-state index contributed by atoms with van der Waals surface area (Å²) in [5.74, 6) is -0.975. The fourth-order valence-corrected chi connectivity index (χ4v) is 2.48. The van der Waals surface area contributed by atoms with Crippen molar-refractivity contribution in [2.75, 3.05) is 0 Å². The van der Waals surface area contributed by atoms with E-state index in [0.29, 0.717) is 10.5 Å². The Hall–Kier alpha value is -0.480. The van der Waals surface area contributed by atoms with E-state index < -0.39 is 11.6 Å². The third kappa shape index (κ3) is 2.61. The minimum absolute atomic E-state index is 0.126. The lowest BCUT2D eigenvalue weighted by molar-refractivity contribution is 0.485. The highest BCUT2D eigenvalue weighted by molar-refractivity contribution is 9.10. The second kappa shape index (κ2) is 5.23. The molecule has 0 amide bonds. The van der Waals surface area contributed by atoms with Crippen molar-refractivity contribution in [3.05, 3.63) is 33.8 Å². The van der Waals surface area contributed by atoms with Crippen LogP contribution in [0.15, 0.2) is 16.6 Å². The van der Waals surface area contributed by atoms with Crippen LogP contribution in [-0.2, 0) is 6.54 Å². The zero-order valence-electron chi connectivity index (χ0n) is 8.90. The lowest BCUT2D eigenvalue weighted by Gasteiger charge is -2.13. The van der Waals surface area contributed by atoms with Gasteiger partial charge in [-0.3, -0.25) is 0 Å². The summed E-state index contributed by atoms with van der Waals surface area (Å²) >= 11 is 3.06. The molecule has 1 aliphatic rings. The van der Waals surface area contributed by atoms with Gasteiger partial charge < -0.3 is 5.32 Å². The van der Waals surface area contributed by atoms with Gasteiger partial charge in [0, 0.05) is 18.2 Å². The van der Waals surface area contributed by atoms with Crippen LogP contribution in [0, 0.1) is 11.6 Å². The van der Waals surface area contributed by atoms with Crippen LogP contribution in [0.4, 0.5) is 8.78 Å². The molecule has 1 nitrogen and oxygen atoms in total. The first kappa shape index (κ1) is 12.0. The largest absolute Gasteiger partial charge is 0.310 e. The molecule has 0 heterocycles. The molecule has 1 aliphatic carbocycles. The van der Waals surface area contributed by atoms with Crippen molar-refractivity contribution in [2.24, 2.45) is 0 Å². The van der Waals surface area contributed by atoms with Crippen molar-refractivity contribution >= 4 is 15.9 Å². The van der Waals surface area contributed by atoms with E-state index in [2.05, 4.69) is 21.2 Å². The highest BCUT2D eigenvalue weighted by Gasteiger charge is 2.17. The van der Waals surface area contributed by atoms with Gasteiger partial charge in [0.05, 0.1) is 4.47 Å². The molecule has 0 aromatic heterocycles. The fourth-order valence-electron chi connectivity index (χ4n) is 2.11. The van der Waals surface area contributed by atoms with Crippen LogP contribution in [0.1, 0.15) is 31.2 Å². The number of hydrogen-bond donors (Lipinski definition) is 1. The summed E-state index contributed by atoms with van der Waals surface area (Å²) in [5.41, 5.74) is 0.126. The minimum Gasteiger partial charge on any atom is -0.310 e. The van der Waals surface area contributed by atoms with Crippen LogP contribution in [0.5, 0.6) is 0 Å². The monoisotopic (exact) mass is 289 g/mol. The average Bonchev–Trinajstić information content (AvgIpc) is 2.77. The van der Waals surface area contributed by atoms with Gasteiger partial charge in [0.25, 0.3) is 0 Å². The third-order valence-corrected chi connectivity index (χ3v) is 3.67. The van der Waals surface area contributed by atoms with Crippen LogP contribution < -0.4 is 5.32 Å². The van der Waals surface area contributed by atoms with Crippen molar-refractivity contribution < 1.29 is 8.78 Å². The Balaban J connectivity index is 2.05. The van der Waals surface area contributed by atoms with Crippen LogP contribution in [0.3, 0.4) is 0 Å². The maximum atomic E-state index is 13.6. The zero-order chi connectivity index (χ0) is 11.5. The van der Waals surface area contributed by atoms with Crippen LogP contribution in [0.2, 0.25) is 0 Å². The number of rotatable bonds is 3. The Morgan fingerprint density at radius 1 is 1.25 bits per heavy atom. The fraction of sp³-hybridized carbons (Fsp3) is 0.500. The van der Waals surface area contributed by atoms with E-state index in [0.717, 1.165) is 12.8 Å². The second-order valence-electron chi connectivity index (χ2n) is 4.18. The first-order valence-corrected chi connectivity index (χ1v) is 6.33. The van der Waals surface area contributed by atoms with E-state index in [1.54, 1.807) is 0 Å². The molecular weight excluding hydrogens is 276 g/mol. The molecule has 0 atom stereocenters. The lowest BCUT2D eigenvalue weighted by Crippen LogP contribution is -2.26. The SMILES string of the molecule is Fc1ccc(Br)c(F)c1CNC1CCCC1. The molecule has 4 heteroatoms. The van der Waals surface area contributed by atoms with Crippen molar-refractivity contribution in [1.29, 1.82) is 0 Å². The summed E-state index contributed by atoms with van der Waals surface area (Å²) in [6.07, 6.45) is 4.64. The zero-order valence-corrected chi connectivity index (χ0v) is 10.5. The summed E-state index contributed by atoms with van der Waals surface area (Å²) < 4.78 is 27.3. The van der Waals surface area contributed by atoms with Gasteiger partial charge in [0.1, 0.15) is 11.6 Å². The molecular formula is C12H14BrF2N. The molecule has 88 valence electrons. The molecule has 1 aromatic carbocycles. The summed E-state index contributed by atoms with van der Waals surface area (Å²) in [6.45, 7) is 0.266. The summed E-state index contributed by atoms with van der Waals surface area (Å²) in [7, 11) is 0. The molecule has 0 unspecified atom stereocenters. The van der Waals surface area contributed by atoms with Gasteiger partial charge in [-0.15, -0.1) is 0 Å². The van der Waals surface area contributed by atoms with Gasteiger partial charge in [-0.25, -0.2) is 8.78 Å². The van der Waals surface area contributed by atoms with Crippen molar-refractivity contribution in [3.8, 4) is 0 Å². The summed E-state index contributed by atoms with van der Waals surface area (Å²) in [4.78, 5) is 0. The Morgan fingerprint density at radius 3 is 2.62 bits per heavy atom. The molecule has 1 N–H and O–H groups in total. The van der Waals surface area contributed by atoms with E-state index in [1.165, 1.54) is 25.0 Å². The van der Waals surface area contributed by atoms with E-state index in [1.807, 2.05) is 0 Å². The Labute approximate surface area is 102 Å². The van der Waals surface area contributed by atoms with Gasteiger partial charge in [0.2, 0.25) is 0 Å². The summed E-state index contributed by atoms with van der Waals surface area (Å²) in [6, 6.07) is 3.10. The first-order valence-electron chi connectivity index (χ1n) is 5.54. The minimum atomic E-state index is -0.495. The smallest absolute Gasteiger partial charge is 0.144 e. The molecule has 0 aliphatic heterocycles. The Morgan fingerprint density at radius 2 is 1.94 bits per heavy atom. The van der Waals surface area contributed by atoms with E-state index in [9.17, 15) is 8.78 Å². The Bertz CT molecular complexity index is 376. The topological polar surface area (TPSA) is 12.0 Å². The summed E-state index contributed by atoms with van der Waals surface area (Å²) in [5, 5.41) is 3.21. The molecule has 0 radical (unpaired) electrons. The number of hydrogen-bond acceptors (Lipinski definition) is 1. The lowest BCUT2D eigenvalue weighted by atomic mass is 10.1. The Kier molecular flexibility index (Phi) is 3.92. The number of nitrogens with one attached hydrogen (secondary N) is 1. The van der Waals surface area contributed by atoms with E-state index >= 15 is 0 Å². The molecule has 1 saturated carbocycles. The molecule has 16 heavy (non-hydrogen) atoms. The van der Waals surface area contributed by atoms with Gasteiger partial charge >= 0.3 is 0 Å². The van der Waals surface area contributed by atoms with Crippen LogP contribution >= 0.6 is 15.9 Å². The number of halogens is 3. The average molecular weight is 290 g/mol. The van der Waals surface area contributed by atoms with Crippen molar-refractivity contribution in [1.82, 2.24) is 5.32 Å². The third-order valence-electron chi connectivity index (χ3n) is 3.06.